The molecule has 0 saturated carbocycles. The van der Waals surface area contributed by atoms with Gasteiger partial charge in [-0.2, -0.15) is 0 Å². The largest absolute Gasteiger partial charge is 0.405 e. The summed E-state index contributed by atoms with van der Waals surface area (Å²) in [6.07, 6.45) is 0.914. The topological polar surface area (TPSA) is 68.8 Å². The Balaban J connectivity index is 2.60. The Morgan fingerprint density at radius 3 is 2.53 bits per heavy atom. The average molecular weight is 266 g/mol. The van der Waals surface area contributed by atoms with Gasteiger partial charge in [0.2, 0.25) is 0 Å². The second kappa shape index (κ2) is 7.46. The van der Waals surface area contributed by atoms with Crippen LogP contribution in [0.3, 0.4) is 0 Å². The van der Waals surface area contributed by atoms with E-state index in [0.29, 0.717) is 19.8 Å². The van der Waals surface area contributed by atoms with Gasteiger partial charge in [-0.05, 0) is 26.8 Å². The summed E-state index contributed by atoms with van der Waals surface area (Å²) >= 11 is 0. The number of hydrogen-bond donors (Lipinski definition) is 2. The van der Waals surface area contributed by atoms with Gasteiger partial charge >= 0.3 is 7.75 Å². The zero-order valence-corrected chi connectivity index (χ0v) is 11.7. The molecule has 102 valence electrons. The normalized spacial score (nSPS) is 26.1. The lowest BCUT2D eigenvalue weighted by Crippen LogP contribution is -2.51. The molecule has 6 nitrogen and oxygen atoms in total. The first-order chi connectivity index (χ1) is 8.15. The molecule has 0 aromatic rings. The number of ether oxygens (including phenoxy) is 1. The van der Waals surface area contributed by atoms with E-state index in [1.165, 1.54) is 0 Å². The van der Waals surface area contributed by atoms with Gasteiger partial charge in [-0.1, -0.05) is 0 Å². The number of methoxy groups -OCH3 is 1. The Hall–Kier alpha value is 0.0300. The monoisotopic (exact) mass is 266 g/mol. The van der Waals surface area contributed by atoms with Crippen molar-refractivity contribution in [2.45, 2.75) is 32.4 Å². The summed E-state index contributed by atoms with van der Waals surface area (Å²) in [6.45, 7) is 5.89. The van der Waals surface area contributed by atoms with Gasteiger partial charge in [0.05, 0.1) is 25.4 Å². The van der Waals surface area contributed by atoms with E-state index in [1.54, 1.807) is 21.0 Å². The molecule has 0 bridgehead atoms. The summed E-state index contributed by atoms with van der Waals surface area (Å²) in [4.78, 5) is 0. The molecule has 2 N–H and O–H groups in total. The third kappa shape index (κ3) is 4.66. The highest BCUT2D eigenvalue weighted by molar-refractivity contribution is 7.51. The molecule has 1 heterocycles. The van der Waals surface area contributed by atoms with Crippen LogP contribution in [0.2, 0.25) is 0 Å². The maximum Gasteiger partial charge on any atom is 0.405 e. The quantitative estimate of drug-likeness (QED) is 0.673. The summed E-state index contributed by atoms with van der Waals surface area (Å²) in [5, 5.41) is 6.19. The van der Waals surface area contributed by atoms with Crippen molar-refractivity contribution >= 4 is 7.75 Å². The maximum absolute atomic E-state index is 12.3. The van der Waals surface area contributed by atoms with Crippen LogP contribution in [0, 0.1) is 0 Å². The van der Waals surface area contributed by atoms with Crippen molar-refractivity contribution in [1.82, 2.24) is 10.4 Å². The average Bonchev–Trinajstić information content (AvgIpc) is 2.30. The van der Waals surface area contributed by atoms with Gasteiger partial charge in [-0.3, -0.25) is 9.05 Å². The number of hydrogen-bond acceptors (Lipinski definition) is 5. The molecule has 1 aliphatic rings. The molecule has 0 amide bonds. The summed E-state index contributed by atoms with van der Waals surface area (Å²) in [6, 6.07) is -0.0577. The minimum Gasteiger partial charge on any atom is -0.380 e. The van der Waals surface area contributed by atoms with E-state index in [1.807, 2.05) is 0 Å². The molecule has 0 aromatic heterocycles. The third-order valence-corrected chi connectivity index (χ3v) is 4.49. The molecule has 2 unspecified atom stereocenters. The second-order valence-corrected chi connectivity index (χ2v) is 5.61. The van der Waals surface area contributed by atoms with E-state index >= 15 is 0 Å². The Kier molecular flexibility index (Phi) is 6.62. The van der Waals surface area contributed by atoms with Crippen LogP contribution in [0.15, 0.2) is 0 Å². The zero-order chi connectivity index (χ0) is 12.7. The van der Waals surface area contributed by atoms with E-state index < -0.39 is 7.75 Å². The van der Waals surface area contributed by atoms with E-state index in [9.17, 15) is 4.57 Å². The van der Waals surface area contributed by atoms with E-state index in [0.717, 1.165) is 13.0 Å². The molecule has 0 aromatic carbocycles. The minimum atomic E-state index is -3.21. The van der Waals surface area contributed by atoms with Crippen molar-refractivity contribution in [3.05, 3.63) is 0 Å². The third-order valence-electron chi connectivity index (χ3n) is 2.64. The van der Waals surface area contributed by atoms with Crippen molar-refractivity contribution in [3.8, 4) is 0 Å². The molecular formula is C10H23N2O4P. The van der Waals surface area contributed by atoms with Crippen LogP contribution in [0.5, 0.6) is 0 Å². The molecule has 7 heteroatoms. The summed E-state index contributed by atoms with van der Waals surface area (Å²) in [5.74, 6) is 0. The Labute approximate surface area is 103 Å². The molecule has 0 spiro atoms. The highest BCUT2D eigenvalue weighted by Crippen LogP contribution is 2.44. The highest BCUT2D eigenvalue weighted by atomic mass is 31.2. The first-order valence-corrected chi connectivity index (χ1v) is 7.60. The molecule has 1 saturated heterocycles. The van der Waals surface area contributed by atoms with Gasteiger partial charge in [-0.25, -0.2) is 9.65 Å². The molecule has 17 heavy (non-hydrogen) atoms. The molecular weight excluding hydrogens is 243 g/mol. The fraction of sp³-hybridized carbons (Fsp3) is 1.00. The zero-order valence-electron chi connectivity index (χ0n) is 10.8. The van der Waals surface area contributed by atoms with Crippen molar-refractivity contribution < 1.29 is 18.3 Å². The molecule has 2 atom stereocenters. The second-order valence-electron chi connectivity index (χ2n) is 3.84. The van der Waals surface area contributed by atoms with Crippen LogP contribution < -0.4 is 10.4 Å². The van der Waals surface area contributed by atoms with Crippen molar-refractivity contribution in [1.29, 1.82) is 0 Å². The van der Waals surface area contributed by atoms with Crippen LogP contribution in [0.4, 0.5) is 0 Å². The predicted molar refractivity (Wildman–Crippen MR) is 66.1 cm³/mol. The molecule has 1 fully saturated rings. The van der Waals surface area contributed by atoms with Gasteiger partial charge in [0.15, 0.2) is 0 Å². The molecule has 0 aliphatic carbocycles. The Morgan fingerprint density at radius 1 is 1.35 bits per heavy atom. The Bertz CT molecular complexity index is 255. The fourth-order valence-electron chi connectivity index (χ4n) is 1.90. The standard InChI is InChI=1S/C10H23N2O4P/c1-4-15-17(13,16-5-2)12-9-8-11-7-6-10(9)14-3/h9-11H,4-8H2,1-3H3,(H,12,13). The lowest BCUT2D eigenvalue weighted by atomic mass is 10.1. The van der Waals surface area contributed by atoms with Gasteiger partial charge in [-0.15, -0.1) is 0 Å². The molecule has 1 rings (SSSR count). The van der Waals surface area contributed by atoms with Gasteiger partial charge < -0.3 is 10.1 Å². The number of rotatable bonds is 7. The smallest absolute Gasteiger partial charge is 0.380 e. The predicted octanol–water partition coefficient (Wildman–Crippen LogP) is 1.13. The van der Waals surface area contributed by atoms with E-state index in [-0.39, 0.29) is 12.1 Å². The number of nitrogens with one attached hydrogen (secondary N) is 2. The minimum absolute atomic E-state index is 0.0329. The van der Waals surface area contributed by atoms with Crippen molar-refractivity contribution in [3.63, 3.8) is 0 Å². The van der Waals surface area contributed by atoms with Crippen LogP contribution >= 0.6 is 7.75 Å². The summed E-state index contributed by atoms with van der Waals surface area (Å²) < 4.78 is 28.1. The highest BCUT2D eigenvalue weighted by Gasteiger charge is 2.33. The van der Waals surface area contributed by atoms with Crippen molar-refractivity contribution in [2.24, 2.45) is 0 Å². The van der Waals surface area contributed by atoms with Gasteiger partial charge in [0.1, 0.15) is 0 Å². The molecule has 0 radical (unpaired) electrons. The first kappa shape index (κ1) is 15.1. The summed E-state index contributed by atoms with van der Waals surface area (Å²) in [7, 11) is -1.54. The lowest BCUT2D eigenvalue weighted by molar-refractivity contribution is 0.0510. The van der Waals surface area contributed by atoms with Gasteiger partial charge in [0, 0.05) is 13.7 Å². The van der Waals surface area contributed by atoms with Crippen LogP contribution in [-0.2, 0) is 18.3 Å². The summed E-state index contributed by atoms with van der Waals surface area (Å²) in [5.41, 5.74) is 0. The fourth-order valence-corrected chi connectivity index (χ4v) is 3.47. The number of piperidine rings is 1. The Morgan fingerprint density at radius 2 is 2.00 bits per heavy atom. The lowest BCUT2D eigenvalue weighted by Gasteiger charge is -2.33. The van der Waals surface area contributed by atoms with Crippen LogP contribution in [0.25, 0.3) is 0 Å². The van der Waals surface area contributed by atoms with Gasteiger partial charge in [0.25, 0.3) is 0 Å². The van der Waals surface area contributed by atoms with Crippen molar-refractivity contribution in [2.75, 3.05) is 33.4 Å². The SMILES string of the molecule is CCOP(=O)(NC1CNCCC1OC)OCC. The first-order valence-electron chi connectivity index (χ1n) is 6.05. The molecule has 1 aliphatic heterocycles. The van der Waals surface area contributed by atoms with E-state index in [4.69, 9.17) is 13.8 Å². The maximum atomic E-state index is 12.3. The van der Waals surface area contributed by atoms with Crippen LogP contribution in [0.1, 0.15) is 20.3 Å². The van der Waals surface area contributed by atoms with E-state index in [2.05, 4.69) is 10.4 Å². The van der Waals surface area contributed by atoms with Crippen LogP contribution in [-0.4, -0.2) is 45.6 Å².